The molecule has 2 heterocycles. The lowest BCUT2D eigenvalue weighted by Gasteiger charge is -2.26. The fourth-order valence-electron chi connectivity index (χ4n) is 2.44. The van der Waals surface area contributed by atoms with Gasteiger partial charge in [0.25, 0.3) is 0 Å². The van der Waals surface area contributed by atoms with Gasteiger partial charge in [-0.2, -0.15) is 4.98 Å². The molecule has 1 aromatic heterocycles. The fourth-order valence-corrected chi connectivity index (χ4v) is 2.97. The molecule has 0 aliphatic carbocycles. The summed E-state index contributed by atoms with van der Waals surface area (Å²) >= 11 is 12.0. The summed E-state index contributed by atoms with van der Waals surface area (Å²) in [6, 6.07) is 7.07. The number of morpholine rings is 1. The Morgan fingerprint density at radius 1 is 1.12 bits per heavy atom. The van der Waals surface area contributed by atoms with E-state index in [1.165, 1.54) is 0 Å². The van der Waals surface area contributed by atoms with Gasteiger partial charge in [0.2, 0.25) is 5.95 Å². The Kier molecular flexibility index (Phi) is 6.09. The monoisotopic (exact) mass is 367 g/mol. The van der Waals surface area contributed by atoms with E-state index in [-0.39, 0.29) is 0 Å². The largest absolute Gasteiger partial charge is 0.379 e. The Hall–Kier alpha value is -1.60. The van der Waals surface area contributed by atoms with Crippen LogP contribution in [0.2, 0.25) is 10.0 Å². The van der Waals surface area contributed by atoms with Crippen LogP contribution in [0.5, 0.6) is 0 Å². The summed E-state index contributed by atoms with van der Waals surface area (Å²) in [5, 5.41) is 7.54. The van der Waals surface area contributed by atoms with Crippen molar-refractivity contribution in [3.63, 3.8) is 0 Å². The van der Waals surface area contributed by atoms with Crippen LogP contribution in [0.4, 0.5) is 17.5 Å². The first kappa shape index (κ1) is 17.2. The number of rotatable bonds is 6. The van der Waals surface area contributed by atoms with E-state index in [4.69, 9.17) is 27.9 Å². The van der Waals surface area contributed by atoms with Crippen LogP contribution in [0.3, 0.4) is 0 Å². The number of hydrogen-bond donors (Lipinski definition) is 2. The standard InChI is InChI=1S/C16H19Cl2N5O/c17-12-9-13(18)11-14(10-12)21-16-20-2-1-15(22-16)19-3-4-23-5-7-24-8-6-23/h1-2,9-11H,3-8H2,(H2,19,20,21,22). The van der Waals surface area contributed by atoms with Crippen LogP contribution in [0.1, 0.15) is 0 Å². The highest BCUT2D eigenvalue weighted by molar-refractivity contribution is 6.35. The van der Waals surface area contributed by atoms with E-state index >= 15 is 0 Å². The second-order valence-electron chi connectivity index (χ2n) is 5.43. The van der Waals surface area contributed by atoms with Crippen LogP contribution < -0.4 is 10.6 Å². The Morgan fingerprint density at radius 2 is 1.88 bits per heavy atom. The maximum Gasteiger partial charge on any atom is 0.229 e. The summed E-state index contributed by atoms with van der Waals surface area (Å²) in [5.74, 6) is 1.26. The Morgan fingerprint density at radius 3 is 2.62 bits per heavy atom. The van der Waals surface area contributed by atoms with Gasteiger partial charge in [0, 0.05) is 48.1 Å². The predicted octanol–water partition coefficient (Wildman–Crippen LogP) is 3.27. The van der Waals surface area contributed by atoms with Crippen molar-refractivity contribution in [1.82, 2.24) is 14.9 Å². The molecule has 0 radical (unpaired) electrons. The Bertz CT molecular complexity index is 659. The molecule has 0 atom stereocenters. The lowest BCUT2D eigenvalue weighted by molar-refractivity contribution is 0.0398. The van der Waals surface area contributed by atoms with E-state index in [0.29, 0.717) is 16.0 Å². The van der Waals surface area contributed by atoms with E-state index in [1.54, 1.807) is 24.4 Å². The summed E-state index contributed by atoms with van der Waals surface area (Å²) < 4.78 is 5.34. The lowest BCUT2D eigenvalue weighted by Crippen LogP contribution is -2.39. The van der Waals surface area contributed by atoms with Crippen LogP contribution in [0.15, 0.2) is 30.5 Å². The van der Waals surface area contributed by atoms with E-state index in [2.05, 4.69) is 25.5 Å². The molecule has 128 valence electrons. The minimum atomic E-state index is 0.490. The fraction of sp³-hybridized carbons (Fsp3) is 0.375. The summed E-state index contributed by atoms with van der Waals surface area (Å²) in [4.78, 5) is 11.0. The molecule has 0 spiro atoms. The second kappa shape index (κ2) is 8.48. The molecule has 1 saturated heterocycles. The maximum atomic E-state index is 6.00. The third-order valence-electron chi connectivity index (χ3n) is 3.61. The first-order valence-electron chi connectivity index (χ1n) is 7.79. The molecule has 0 bridgehead atoms. The molecule has 24 heavy (non-hydrogen) atoms. The van der Waals surface area contributed by atoms with Gasteiger partial charge in [0.15, 0.2) is 0 Å². The van der Waals surface area contributed by atoms with Gasteiger partial charge in [0.05, 0.1) is 13.2 Å². The average Bonchev–Trinajstić information content (AvgIpc) is 2.55. The Balaban J connectivity index is 1.55. The highest BCUT2D eigenvalue weighted by Gasteiger charge is 2.09. The van der Waals surface area contributed by atoms with Gasteiger partial charge in [-0.05, 0) is 24.3 Å². The normalized spacial score (nSPS) is 15.2. The van der Waals surface area contributed by atoms with Crippen LogP contribution in [-0.4, -0.2) is 54.3 Å². The third kappa shape index (κ3) is 5.21. The number of aromatic nitrogens is 2. The number of nitrogens with zero attached hydrogens (tertiary/aromatic N) is 3. The molecule has 1 aliphatic rings. The average molecular weight is 368 g/mol. The summed E-state index contributed by atoms with van der Waals surface area (Å²) in [6.07, 6.45) is 1.71. The first-order chi connectivity index (χ1) is 11.7. The maximum absolute atomic E-state index is 6.00. The smallest absolute Gasteiger partial charge is 0.229 e. The molecule has 1 fully saturated rings. The minimum absolute atomic E-state index is 0.490. The molecule has 2 aromatic rings. The van der Waals surface area contributed by atoms with Crippen molar-refractivity contribution in [3.05, 3.63) is 40.5 Å². The zero-order valence-electron chi connectivity index (χ0n) is 13.1. The van der Waals surface area contributed by atoms with Gasteiger partial charge >= 0.3 is 0 Å². The van der Waals surface area contributed by atoms with E-state index in [0.717, 1.165) is 50.9 Å². The van der Waals surface area contributed by atoms with E-state index < -0.39 is 0 Å². The summed E-state index contributed by atoms with van der Waals surface area (Å²) in [7, 11) is 0. The molecule has 3 rings (SSSR count). The number of ether oxygens (including phenoxy) is 1. The van der Waals surface area contributed by atoms with Gasteiger partial charge in [-0.15, -0.1) is 0 Å². The van der Waals surface area contributed by atoms with Gasteiger partial charge < -0.3 is 15.4 Å². The zero-order valence-corrected chi connectivity index (χ0v) is 14.6. The molecule has 0 unspecified atom stereocenters. The molecule has 1 aromatic carbocycles. The van der Waals surface area contributed by atoms with Gasteiger partial charge in [-0.1, -0.05) is 23.2 Å². The van der Waals surface area contributed by atoms with Crippen molar-refractivity contribution < 1.29 is 4.74 Å². The number of halogens is 2. The quantitative estimate of drug-likeness (QED) is 0.816. The zero-order chi connectivity index (χ0) is 16.8. The molecule has 1 aliphatic heterocycles. The van der Waals surface area contributed by atoms with Crippen molar-refractivity contribution in [2.75, 3.05) is 50.0 Å². The van der Waals surface area contributed by atoms with Gasteiger partial charge in [-0.3, -0.25) is 4.90 Å². The van der Waals surface area contributed by atoms with Crippen molar-refractivity contribution in [3.8, 4) is 0 Å². The van der Waals surface area contributed by atoms with E-state index in [9.17, 15) is 0 Å². The summed E-state index contributed by atoms with van der Waals surface area (Å²) in [6.45, 7) is 5.36. The third-order valence-corrected chi connectivity index (χ3v) is 4.05. The molecule has 0 amide bonds. The number of anilines is 3. The minimum Gasteiger partial charge on any atom is -0.379 e. The first-order valence-corrected chi connectivity index (χ1v) is 8.55. The van der Waals surface area contributed by atoms with Gasteiger partial charge in [0.1, 0.15) is 5.82 Å². The van der Waals surface area contributed by atoms with Crippen molar-refractivity contribution in [1.29, 1.82) is 0 Å². The number of benzene rings is 1. The predicted molar refractivity (Wildman–Crippen MR) is 97.5 cm³/mol. The van der Waals surface area contributed by atoms with Crippen LogP contribution in [0, 0.1) is 0 Å². The summed E-state index contributed by atoms with van der Waals surface area (Å²) in [5.41, 5.74) is 0.748. The second-order valence-corrected chi connectivity index (χ2v) is 6.30. The number of nitrogens with one attached hydrogen (secondary N) is 2. The van der Waals surface area contributed by atoms with Crippen molar-refractivity contribution in [2.45, 2.75) is 0 Å². The topological polar surface area (TPSA) is 62.3 Å². The molecule has 8 heteroatoms. The number of hydrogen-bond acceptors (Lipinski definition) is 6. The lowest BCUT2D eigenvalue weighted by atomic mass is 10.3. The molecular weight excluding hydrogens is 349 g/mol. The molecule has 0 saturated carbocycles. The molecule has 6 nitrogen and oxygen atoms in total. The van der Waals surface area contributed by atoms with Crippen molar-refractivity contribution in [2.24, 2.45) is 0 Å². The molecule has 2 N–H and O–H groups in total. The Labute approximate surface area is 151 Å². The van der Waals surface area contributed by atoms with Gasteiger partial charge in [-0.25, -0.2) is 4.98 Å². The van der Waals surface area contributed by atoms with Crippen LogP contribution in [-0.2, 0) is 4.74 Å². The molecular formula is C16H19Cl2N5O. The van der Waals surface area contributed by atoms with Crippen LogP contribution in [0.25, 0.3) is 0 Å². The van der Waals surface area contributed by atoms with Crippen LogP contribution >= 0.6 is 23.2 Å². The van der Waals surface area contributed by atoms with E-state index in [1.807, 2.05) is 6.07 Å². The highest BCUT2D eigenvalue weighted by atomic mass is 35.5. The highest BCUT2D eigenvalue weighted by Crippen LogP contribution is 2.24. The SMILES string of the molecule is Clc1cc(Cl)cc(Nc2nccc(NCCN3CCOCC3)n2)c1. The van der Waals surface area contributed by atoms with Crippen molar-refractivity contribution >= 4 is 40.7 Å².